The minimum absolute atomic E-state index is 0.0705. The van der Waals surface area contributed by atoms with Crippen LogP contribution in [0, 0.1) is 10.1 Å². The van der Waals surface area contributed by atoms with Crippen LogP contribution in [0.4, 0.5) is 10.7 Å². The second-order valence-corrected chi connectivity index (χ2v) is 7.90. The van der Waals surface area contributed by atoms with E-state index in [2.05, 4.69) is 5.32 Å². The number of piperidine rings is 1. The van der Waals surface area contributed by atoms with E-state index in [9.17, 15) is 23.6 Å². The van der Waals surface area contributed by atoms with Gasteiger partial charge >= 0.3 is 5.69 Å². The van der Waals surface area contributed by atoms with Crippen molar-refractivity contribution in [3.05, 3.63) is 16.2 Å². The van der Waals surface area contributed by atoms with Gasteiger partial charge in [-0.2, -0.15) is 4.31 Å². The molecule has 0 spiro atoms. The first kappa shape index (κ1) is 16.1. The Hall–Kier alpha value is -1.23. The van der Waals surface area contributed by atoms with Gasteiger partial charge in [-0.15, -0.1) is 0 Å². The summed E-state index contributed by atoms with van der Waals surface area (Å²) in [5, 5.41) is 23.1. The maximum atomic E-state index is 12.6. The van der Waals surface area contributed by atoms with E-state index in [1.54, 1.807) is 0 Å². The summed E-state index contributed by atoms with van der Waals surface area (Å²) in [7, 11) is -2.31. The highest BCUT2D eigenvalue weighted by molar-refractivity contribution is 7.91. The Balaban J connectivity index is 2.41. The number of aliphatic hydroxyl groups is 1. The van der Waals surface area contributed by atoms with E-state index >= 15 is 0 Å². The number of aliphatic hydroxyl groups excluding tert-OH is 1. The number of hydrogen-bond donors (Lipinski definition) is 2. The second kappa shape index (κ2) is 6.26. The predicted octanol–water partition coefficient (Wildman–Crippen LogP) is 1.23. The Morgan fingerprint density at radius 2 is 2.29 bits per heavy atom. The molecule has 0 amide bonds. The van der Waals surface area contributed by atoms with Crippen LogP contribution in [0.25, 0.3) is 0 Å². The number of anilines is 1. The van der Waals surface area contributed by atoms with E-state index in [1.807, 2.05) is 0 Å². The van der Waals surface area contributed by atoms with E-state index < -0.39 is 21.0 Å². The molecule has 10 heteroatoms. The van der Waals surface area contributed by atoms with Crippen LogP contribution in [-0.2, 0) is 10.0 Å². The van der Waals surface area contributed by atoms with Gasteiger partial charge in [-0.05, 0) is 12.8 Å². The molecule has 8 nitrogen and oxygen atoms in total. The van der Waals surface area contributed by atoms with E-state index in [4.69, 9.17) is 0 Å². The van der Waals surface area contributed by atoms with E-state index in [1.165, 1.54) is 11.4 Å². The van der Waals surface area contributed by atoms with Crippen molar-refractivity contribution < 1.29 is 18.4 Å². The van der Waals surface area contributed by atoms with Crippen molar-refractivity contribution in [3.8, 4) is 0 Å². The highest BCUT2D eigenvalue weighted by atomic mass is 32.2. The smallest absolute Gasteiger partial charge is 0.304 e. The molecule has 1 aromatic rings. The number of nitro groups is 1. The molecule has 2 rings (SSSR count). The Labute approximate surface area is 126 Å². The summed E-state index contributed by atoms with van der Waals surface area (Å²) in [5.74, 6) is 0. The van der Waals surface area contributed by atoms with Gasteiger partial charge in [0.15, 0.2) is 5.00 Å². The summed E-state index contributed by atoms with van der Waals surface area (Å²) >= 11 is 0.837. The first-order valence-electron chi connectivity index (χ1n) is 6.50. The zero-order valence-electron chi connectivity index (χ0n) is 11.5. The van der Waals surface area contributed by atoms with Crippen LogP contribution in [-0.4, -0.2) is 49.0 Å². The van der Waals surface area contributed by atoms with Crippen molar-refractivity contribution in [1.82, 2.24) is 4.31 Å². The Morgan fingerprint density at radius 1 is 1.57 bits per heavy atom. The molecule has 1 aromatic heterocycles. The molecule has 2 N–H and O–H groups in total. The van der Waals surface area contributed by atoms with Gasteiger partial charge < -0.3 is 10.4 Å². The lowest BCUT2D eigenvalue weighted by atomic mass is 10.1. The maximum absolute atomic E-state index is 12.6. The predicted molar refractivity (Wildman–Crippen MR) is 79.1 cm³/mol. The fraction of sp³-hybridized carbons (Fsp3) is 0.636. The van der Waals surface area contributed by atoms with Crippen molar-refractivity contribution in [2.75, 3.05) is 25.5 Å². The monoisotopic (exact) mass is 335 g/mol. The minimum atomic E-state index is -3.82. The fourth-order valence-corrected chi connectivity index (χ4v) is 5.49. The molecule has 118 valence electrons. The fourth-order valence-electron chi connectivity index (χ4n) is 2.39. The molecule has 1 aliphatic heterocycles. The standard InChI is InChI=1S/C11H17N3O5S2/c1-12-11-9(14(16)17)6-10(20-11)21(18,19)13-5-3-2-4-8(13)7-15/h6,8,12,15H,2-5,7H2,1H3. The summed E-state index contributed by atoms with van der Waals surface area (Å²) in [6.07, 6.45) is 2.19. The highest BCUT2D eigenvalue weighted by Crippen LogP contribution is 2.39. The Kier molecular flexibility index (Phi) is 4.81. The summed E-state index contributed by atoms with van der Waals surface area (Å²) < 4.78 is 26.5. The average Bonchev–Trinajstić information content (AvgIpc) is 2.92. The molecule has 1 saturated heterocycles. The molecule has 21 heavy (non-hydrogen) atoms. The van der Waals surface area contributed by atoms with Crippen LogP contribution in [0.5, 0.6) is 0 Å². The number of sulfonamides is 1. The normalized spacial score (nSPS) is 20.4. The lowest BCUT2D eigenvalue weighted by molar-refractivity contribution is -0.383. The largest absolute Gasteiger partial charge is 0.395 e. The van der Waals surface area contributed by atoms with Gasteiger partial charge in [0.2, 0.25) is 0 Å². The number of thiophene rings is 1. The third kappa shape index (κ3) is 3.03. The van der Waals surface area contributed by atoms with Gasteiger partial charge in [0.05, 0.1) is 11.5 Å². The van der Waals surface area contributed by atoms with Crippen molar-refractivity contribution in [2.45, 2.75) is 29.5 Å². The van der Waals surface area contributed by atoms with Crippen LogP contribution in [0.1, 0.15) is 19.3 Å². The van der Waals surface area contributed by atoms with Gasteiger partial charge in [-0.25, -0.2) is 8.42 Å². The minimum Gasteiger partial charge on any atom is -0.395 e. The second-order valence-electron chi connectivity index (χ2n) is 4.73. The van der Waals surface area contributed by atoms with Crippen molar-refractivity contribution >= 4 is 32.0 Å². The zero-order valence-corrected chi connectivity index (χ0v) is 13.1. The third-order valence-corrected chi connectivity index (χ3v) is 7.00. The molecule has 0 aliphatic carbocycles. The molecule has 0 radical (unpaired) electrons. The van der Waals surface area contributed by atoms with Gasteiger partial charge in [0.25, 0.3) is 10.0 Å². The average molecular weight is 335 g/mol. The van der Waals surface area contributed by atoms with Crippen LogP contribution >= 0.6 is 11.3 Å². The quantitative estimate of drug-likeness (QED) is 0.618. The van der Waals surface area contributed by atoms with Gasteiger partial charge in [-0.1, -0.05) is 17.8 Å². The molecular formula is C11H17N3O5S2. The van der Waals surface area contributed by atoms with Crippen LogP contribution in [0.2, 0.25) is 0 Å². The molecule has 1 fully saturated rings. The van der Waals surface area contributed by atoms with Crippen molar-refractivity contribution in [2.24, 2.45) is 0 Å². The third-order valence-electron chi connectivity index (χ3n) is 3.46. The molecule has 0 saturated carbocycles. The van der Waals surface area contributed by atoms with Gasteiger partial charge in [-0.3, -0.25) is 10.1 Å². The number of nitrogens with one attached hydrogen (secondary N) is 1. The molecular weight excluding hydrogens is 318 g/mol. The van der Waals surface area contributed by atoms with E-state index in [0.717, 1.165) is 30.2 Å². The van der Waals surface area contributed by atoms with Gasteiger partial charge in [0.1, 0.15) is 4.21 Å². The molecule has 0 aromatic carbocycles. The highest BCUT2D eigenvalue weighted by Gasteiger charge is 2.36. The maximum Gasteiger partial charge on any atom is 0.304 e. The van der Waals surface area contributed by atoms with Gasteiger partial charge in [0, 0.05) is 25.7 Å². The summed E-state index contributed by atoms with van der Waals surface area (Å²) in [4.78, 5) is 10.3. The topological polar surface area (TPSA) is 113 Å². The lowest BCUT2D eigenvalue weighted by Gasteiger charge is -2.32. The van der Waals surface area contributed by atoms with Crippen LogP contribution in [0.3, 0.4) is 0 Å². The molecule has 1 atom stereocenters. The Bertz CT molecular complexity index is 628. The van der Waals surface area contributed by atoms with Crippen LogP contribution in [0.15, 0.2) is 10.3 Å². The SMILES string of the molecule is CNc1sc(S(=O)(=O)N2CCCCC2CO)cc1[N+](=O)[O-]. The molecule has 1 unspecified atom stereocenters. The zero-order chi connectivity index (χ0) is 15.6. The summed E-state index contributed by atoms with van der Waals surface area (Å²) in [5.41, 5.74) is -0.251. The van der Waals surface area contributed by atoms with E-state index in [-0.39, 0.29) is 21.5 Å². The number of nitrogens with zero attached hydrogens (tertiary/aromatic N) is 2. The van der Waals surface area contributed by atoms with E-state index in [0.29, 0.717) is 13.0 Å². The van der Waals surface area contributed by atoms with Crippen molar-refractivity contribution in [1.29, 1.82) is 0 Å². The molecule has 1 aliphatic rings. The Morgan fingerprint density at radius 3 is 2.81 bits per heavy atom. The molecule has 2 heterocycles. The first-order valence-corrected chi connectivity index (χ1v) is 8.76. The number of rotatable bonds is 5. The van der Waals surface area contributed by atoms with Crippen LogP contribution < -0.4 is 5.32 Å². The first-order chi connectivity index (χ1) is 9.91. The summed E-state index contributed by atoms with van der Waals surface area (Å²) in [6.45, 7) is 0.0831. The lowest BCUT2D eigenvalue weighted by Crippen LogP contribution is -2.45. The summed E-state index contributed by atoms with van der Waals surface area (Å²) in [6, 6.07) is 0.623. The number of hydrogen-bond acceptors (Lipinski definition) is 7. The van der Waals surface area contributed by atoms with Crippen molar-refractivity contribution in [3.63, 3.8) is 0 Å². The molecule has 0 bridgehead atoms.